The molecule has 0 spiro atoms. The average molecular weight is 418 g/mol. The highest BCUT2D eigenvalue weighted by atomic mass is 35.5. The van der Waals surface area contributed by atoms with Crippen molar-refractivity contribution in [2.75, 3.05) is 13.1 Å². The van der Waals surface area contributed by atoms with E-state index in [0.717, 1.165) is 17.7 Å². The Morgan fingerprint density at radius 3 is 2.14 bits per heavy atom. The summed E-state index contributed by atoms with van der Waals surface area (Å²) in [4.78, 5) is 34.0. The summed E-state index contributed by atoms with van der Waals surface area (Å²) < 4.78 is 0. The molecule has 0 bridgehead atoms. The highest BCUT2D eigenvalue weighted by molar-refractivity contribution is 5.90. The molecule has 0 aliphatic carbocycles. The SMILES string of the molecule is CC(NC(=O)CC1(C(=O)NC(C)c2cccnc2)CCNC1)c1cccnc1.Cl. The van der Waals surface area contributed by atoms with Gasteiger partial charge in [-0.25, -0.2) is 0 Å². The number of nitrogens with one attached hydrogen (secondary N) is 3. The smallest absolute Gasteiger partial charge is 0.228 e. The number of hydrogen-bond acceptors (Lipinski definition) is 5. The van der Waals surface area contributed by atoms with Crippen LogP contribution in [0.25, 0.3) is 0 Å². The molecule has 3 N–H and O–H groups in total. The Balaban J connectivity index is 0.00000300. The molecule has 0 saturated carbocycles. The predicted molar refractivity (Wildman–Crippen MR) is 113 cm³/mol. The van der Waals surface area contributed by atoms with Gasteiger partial charge in [0.05, 0.1) is 17.5 Å². The van der Waals surface area contributed by atoms with Gasteiger partial charge in [0.25, 0.3) is 0 Å². The molecule has 3 atom stereocenters. The van der Waals surface area contributed by atoms with Gasteiger partial charge in [0.1, 0.15) is 0 Å². The first-order valence-corrected chi connectivity index (χ1v) is 9.61. The van der Waals surface area contributed by atoms with Crippen LogP contribution in [-0.4, -0.2) is 34.9 Å². The number of amides is 2. The number of nitrogens with zero attached hydrogens (tertiary/aromatic N) is 2. The molecule has 156 valence electrons. The molecule has 2 amide bonds. The van der Waals surface area contributed by atoms with Gasteiger partial charge in [-0.15, -0.1) is 12.4 Å². The van der Waals surface area contributed by atoms with E-state index in [2.05, 4.69) is 25.9 Å². The van der Waals surface area contributed by atoms with Crippen molar-refractivity contribution in [3.63, 3.8) is 0 Å². The maximum atomic E-state index is 13.1. The van der Waals surface area contributed by atoms with E-state index in [1.807, 2.05) is 38.1 Å². The summed E-state index contributed by atoms with van der Waals surface area (Å²) in [7, 11) is 0. The summed E-state index contributed by atoms with van der Waals surface area (Å²) in [6.07, 6.45) is 7.66. The van der Waals surface area contributed by atoms with Gasteiger partial charge in [-0.3, -0.25) is 19.6 Å². The molecule has 0 radical (unpaired) electrons. The number of pyridine rings is 2. The van der Waals surface area contributed by atoms with E-state index in [1.165, 1.54) is 0 Å². The Labute approximate surface area is 177 Å². The minimum Gasteiger partial charge on any atom is -0.349 e. The zero-order valence-electron chi connectivity index (χ0n) is 16.7. The molecule has 7 nitrogen and oxygen atoms in total. The summed E-state index contributed by atoms with van der Waals surface area (Å²) in [5.41, 5.74) is 1.13. The highest BCUT2D eigenvalue weighted by Gasteiger charge is 2.43. The van der Waals surface area contributed by atoms with E-state index in [1.54, 1.807) is 24.8 Å². The lowest BCUT2D eigenvalue weighted by Gasteiger charge is -2.29. The fourth-order valence-corrected chi connectivity index (χ4v) is 3.55. The fourth-order valence-electron chi connectivity index (χ4n) is 3.55. The molecule has 3 rings (SSSR count). The van der Waals surface area contributed by atoms with E-state index in [0.29, 0.717) is 13.0 Å². The van der Waals surface area contributed by atoms with Crippen molar-refractivity contribution in [2.45, 2.75) is 38.8 Å². The summed E-state index contributed by atoms with van der Waals surface area (Å²) >= 11 is 0. The third-order valence-corrected chi connectivity index (χ3v) is 5.32. The van der Waals surface area contributed by atoms with E-state index in [-0.39, 0.29) is 42.7 Å². The lowest BCUT2D eigenvalue weighted by Crippen LogP contribution is -2.46. The molecule has 8 heteroatoms. The van der Waals surface area contributed by atoms with Crippen LogP contribution < -0.4 is 16.0 Å². The van der Waals surface area contributed by atoms with Gasteiger partial charge in [0.2, 0.25) is 11.8 Å². The van der Waals surface area contributed by atoms with Gasteiger partial charge < -0.3 is 16.0 Å². The van der Waals surface area contributed by atoms with Gasteiger partial charge in [-0.05, 0) is 50.1 Å². The maximum absolute atomic E-state index is 13.1. The van der Waals surface area contributed by atoms with Gasteiger partial charge >= 0.3 is 0 Å². The Hall–Kier alpha value is -2.51. The third-order valence-electron chi connectivity index (χ3n) is 5.32. The van der Waals surface area contributed by atoms with Crippen molar-refractivity contribution in [1.82, 2.24) is 25.9 Å². The Morgan fingerprint density at radius 2 is 1.66 bits per heavy atom. The quantitative estimate of drug-likeness (QED) is 0.642. The second kappa shape index (κ2) is 10.3. The van der Waals surface area contributed by atoms with Crippen LogP contribution in [0, 0.1) is 5.41 Å². The van der Waals surface area contributed by atoms with Gasteiger partial charge in [-0.2, -0.15) is 0 Å². The van der Waals surface area contributed by atoms with Crippen molar-refractivity contribution < 1.29 is 9.59 Å². The van der Waals surface area contributed by atoms with E-state index >= 15 is 0 Å². The lowest BCUT2D eigenvalue weighted by molar-refractivity contribution is -0.136. The minimum absolute atomic E-state index is 0. The first-order valence-electron chi connectivity index (χ1n) is 9.61. The second-order valence-electron chi connectivity index (χ2n) is 7.44. The van der Waals surface area contributed by atoms with Crippen molar-refractivity contribution in [1.29, 1.82) is 0 Å². The molecule has 3 unspecified atom stereocenters. The number of carbonyl (C=O) groups excluding carboxylic acids is 2. The Kier molecular flexibility index (Phi) is 8.10. The number of hydrogen-bond donors (Lipinski definition) is 3. The molecule has 1 fully saturated rings. The van der Waals surface area contributed by atoms with E-state index in [9.17, 15) is 9.59 Å². The van der Waals surface area contributed by atoms with Crippen LogP contribution >= 0.6 is 12.4 Å². The summed E-state index contributed by atoms with van der Waals surface area (Å²) in [5, 5.41) is 9.29. The summed E-state index contributed by atoms with van der Waals surface area (Å²) in [5.74, 6) is -0.234. The first kappa shape index (κ1) is 22.8. The molecule has 1 saturated heterocycles. The largest absolute Gasteiger partial charge is 0.349 e. The van der Waals surface area contributed by atoms with Crippen molar-refractivity contribution in [3.05, 3.63) is 60.2 Å². The topological polar surface area (TPSA) is 96.0 Å². The number of aromatic nitrogens is 2. The minimum atomic E-state index is -0.741. The molecule has 3 heterocycles. The van der Waals surface area contributed by atoms with Crippen LogP contribution in [0.4, 0.5) is 0 Å². The number of carbonyl (C=O) groups is 2. The van der Waals surface area contributed by atoms with Crippen LogP contribution in [0.5, 0.6) is 0 Å². The molecule has 1 aliphatic heterocycles. The van der Waals surface area contributed by atoms with Crippen molar-refractivity contribution in [2.24, 2.45) is 5.41 Å². The monoisotopic (exact) mass is 417 g/mol. The average Bonchev–Trinajstić information content (AvgIpc) is 3.18. The second-order valence-corrected chi connectivity index (χ2v) is 7.44. The van der Waals surface area contributed by atoms with E-state index < -0.39 is 5.41 Å². The zero-order chi connectivity index (χ0) is 20.0. The van der Waals surface area contributed by atoms with Gasteiger partial charge in [0.15, 0.2) is 0 Å². The van der Waals surface area contributed by atoms with Gasteiger partial charge in [0, 0.05) is 37.8 Å². The lowest BCUT2D eigenvalue weighted by atomic mass is 9.81. The third kappa shape index (κ3) is 5.74. The van der Waals surface area contributed by atoms with E-state index in [4.69, 9.17) is 0 Å². The summed E-state index contributed by atoms with van der Waals surface area (Å²) in [6, 6.07) is 7.21. The Morgan fingerprint density at radius 1 is 1.07 bits per heavy atom. The number of halogens is 1. The number of rotatable bonds is 7. The van der Waals surface area contributed by atoms with Gasteiger partial charge in [-0.1, -0.05) is 12.1 Å². The van der Waals surface area contributed by atoms with Crippen LogP contribution in [0.1, 0.15) is 49.9 Å². The summed E-state index contributed by atoms with van der Waals surface area (Å²) in [6.45, 7) is 5.06. The van der Waals surface area contributed by atoms with Crippen LogP contribution in [0.2, 0.25) is 0 Å². The zero-order valence-corrected chi connectivity index (χ0v) is 17.5. The normalized spacial score (nSPS) is 20.2. The highest BCUT2D eigenvalue weighted by Crippen LogP contribution is 2.31. The molecule has 1 aliphatic rings. The molecule has 2 aromatic rings. The van der Waals surface area contributed by atoms with Crippen LogP contribution in [0.15, 0.2) is 49.1 Å². The van der Waals surface area contributed by atoms with Crippen molar-refractivity contribution in [3.8, 4) is 0 Å². The van der Waals surface area contributed by atoms with Crippen LogP contribution in [-0.2, 0) is 9.59 Å². The molecular weight excluding hydrogens is 390 g/mol. The molecular formula is C21H28ClN5O2. The first-order chi connectivity index (χ1) is 13.5. The maximum Gasteiger partial charge on any atom is 0.228 e. The fraction of sp³-hybridized carbons (Fsp3) is 0.429. The molecule has 29 heavy (non-hydrogen) atoms. The predicted octanol–water partition coefficient (Wildman–Crippen LogP) is 2.32. The molecule has 0 aromatic carbocycles. The van der Waals surface area contributed by atoms with Crippen LogP contribution in [0.3, 0.4) is 0 Å². The Bertz CT molecular complexity index is 797. The standard InChI is InChI=1S/C21H27N5O2.ClH/c1-15(17-5-3-8-22-12-17)25-19(27)11-21(7-10-24-14-21)20(28)26-16(2)18-6-4-9-23-13-18;/h3-6,8-9,12-13,15-16,24H,7,10-11,14H2,1-2H3,(H,25,27)(H,26,28);1H. The molecule has 2 aromatic heterocycles. The van der Waals surface area contributed by atoms with Crippen molar-refractivity contribution >= 4 is 24.2 Å².